The van der Waals surface area contributed by atoms with Crippen molar-refractivity contribution in [1.29, 1.82) is 0 Å². The number of nitrogens with one attached hydrogen (secondary N) is 1. The van der Waals surface area contributed by atoms with Crippen LogP contribution in [0.5, 0.6) is 5.75 Å². The van der Waals surface area contributed by atoms with E-state index in [9.17, 15) is 18.3 Å². The molecule has 1 aromatic carbocycles. The summed E-state index contributed by atoms with van der Waals surface area (Å²) in [5.74, 6) is -0.104. The van der Waals surface area contributed by atoms with E-state index < -0.39 is 9.84 Å². The van der Waals surface area contributed by atoms with Gasteiger partial charge in [0.25, 0.3) is 0 Å². The number of phenolic OH excluding ortho intramolecular Hbond substituents is 1. The number of rotatable bonds is 3. The lowest BCUT2D eigenvalue weighted by molar-refractivity contribution is -0.116. The maximum atomic E-state index is 11.8. The van der Waals surface area contributed by atoms with Crippen LogP contribution < -0.4 is 5.32 Å². The summed E-state index contributed by atoms with van der Waals surface area (Å²) in [4.78, 5) is 11.8. The van der Waals surface area contributed by atoms with E-state index in [0.29, 0.717) is 12.1 Å². The van der Waals surface area contributed by atoms with Gasteiger partial charge in [-0.2, -0.15) is 0 Å². The van der Waals surface area contributed by atoms with Crippen LogP contribution in [0.4, 0.5) is 5.69 Å². The van der Waals surface area contributed by atoms with Gasteiger partial charge in [0.05, 0.1) is 17.2 Å². The van der Waals surface area contributed by atoms with Crippen molar-refractivity contribution in [1.82, 2.24) is 0 Å². The second-order valence-electron chi connectivity index (χ2n) is 5.04. The predicted molar refractivity (Wildman–Crippen MR) is 72.9 cm³/mol. The number of carbonyl (C=O) groups excluding carboxylic acids is 1. The fourth-order valence-electron chi connectivity index (χ4n) is 2.24. The lowest BCUT2D eigenvalue weighted by Gasteiger charge is -2.10. The normalized spacial score (nSPS) is 21.2. The minimum atomic E-state index is -2.96. The molecule has 1 atom stereocenters. The molecule has 1 amide bonds. The number of phenols is 1. The van der Waals surface area contributed by atoms with Gasteiger partial charge >= 0.3 is 0 Å². The number of anilines is 1. The lowest BCUT2D eigenvalue weighted by atomic mass is 10.0. The van der Waals surface area contributed by atoms with E-state index in [4.69, 9.17) is 0 Å². The SMILES string of the molecule is Cc1ccc(NC(=O)C[C@H]2CCS(=O)(=O)C2)c(O)c1. The maximum Gasteiger partial charge on any atom is 0.224 e. The van der Waals surface area contributed by atoms with Gasteiger partial charge in [-0.3, -0.25) is 4.79 Å². The zero-order chi connectivity index (χ0) is 14.0. The maximum absolute atomic E-state index is 11.8. The van der Waals surface area contributed by atoms with E-state index in [1.54, 1.807) is 18.2 Å². The molecule has 0 spiro atoms. The molecule has 1 aromatic rings. The summed E-state index contributed by atoms with van der Waals surface area (Å²) in [6.07, 6.45) is 0.710. The molecule has 0 radical (unpaired) electrons. The monoisotopic (exact) mass is 283 g/mol. The first-order valence-corrected chi connectivity index (χ1v) is 7.98. The molecule has 0 aromatic heterocycles. The highest BCUT2D eigenvalue weighted by Crippen LogP contribution is 2.26. The van der Waals surface area contributed by atoms with Gasteiger partial charge in [-0.1, -0.05) is 6.07 Å². The Kier molecular flexibility index (Phi) is 3.80. The standard InChI is InChI=1S/C13H17NO4S/c1-9-2-3-11(12(15)6-9)14-13(16)7-10-4-5-19(17,18)8-10/h2-3,6,10,15H,4-5,7-8H2,1H3,(H,14,16)/t10-/m1/s1. The molecule has 0 saturated carbocycles. The third-order valence-electron chi connectivity index (χ3n) is 3.23. The molecule has 0 bridgehead atoms. The summed E-state index contributed by atoms with van der Waals surface area (Å²) in [6.45, 7) is 1.84. The van der Waals surface area contributed by atoms with Gasteiger partial charge in [0.15, 0.2) is 9.84 Å². The van der Waals surface area contributed by atoms with Crippen LogP contribution >= 0.6 is 0 Å². The highest BCUT2D eigenvalue weighted by molar-refractivity contribution is 7.91. The van der Waals surface area contributed by atoms with Crippen molar-refractivity contribution >= 4 is 21.4 Å². The van der Waals surface area contributed by atoms with Crippen molar-refractivity contribution < 1.29 is 18.3 Å². The fraction of sp³-hybridized carbons (Fsp3) is 0.462. The average molecular weight is 283 g/mol. The topological polar surface area (TPSA) is 83.5 Å². The third kappa shape index (κ3) is 3.70. The first-order chi connectivity index (χ1) is 8.85. The Labute approximate surface area is 112 Å². The van der Waals surface area contributed by atoms with Gasteiger partial charge in [0, 0.05) is 6.42 Å². The summed E-state index contributed by atoms with van der Waals surface area (Å²) in [6, 6.07) is 4.99. The second-order valence-corrected chi connectivity index (χ2v) is 7.27. The molecule has 2 rings (SSSR count). The van der Waals surface area contributed by atoms with E-state index in [1.165, 1.54) is 0 Å². The van der Waals surface area contributed by atoms with Crippen LogP contribution in [0.1, 0.15) is 18.4 Å². The zero-order valence-corrected chi connectivity index (χ0v) is 11.5. The molecule has 0 unspecified atom stereocenters. The van der Waals surface area contributed by atoms with Crippen molar-refractivity contribution in [3.63, 3.8) is 0 Å². The third-order valence-corrected chi connectivity index (χ3v) is 5.07. The van der Waals surface area contributed by atoms with E-state index in [-0.39, 0.29) is 35.5 Å². The minimum Gasteiger partial charge on any atom is -0.506 e. The molecule has 5 nitrogen and oxygen atoms in total. The fourth-order valence-corrected chi connectivity index (χ4v) is 4.11. The molecule has 1 aliphatic heterocycles. The molecule has 6 heteroatoms. The molecular weight excluding hydrogens is 266 g/mol. The van der Waals surface area contributed by atoms with Crippen molar-refractivity contribution in [2.45, 2.75) is 19.8 Å². The molecule has 104 valence electrons. The Bertz CT molecular complexity index is 595. The number of aromatic hydroxyl groups is 1. The van der Waals surface area contributed by atoms with E-state index in [1.807, 2.05) is 6.92 Å². The van der Waals surface area contributed by atoms with E-state index in [0.717, 1.165) is 5.56 Å². The van der Waals surface area contributed by atoms with Crippen LogP contribution in [0.2, 0.25) is 0 Å². The first-order valence-electron chi connectivity index (χ1n) is 6.15. The van der Waals surface area contributed by atoms with Crippen molar-refractivity contribution in [2.24, 2.45) is 5.92 Å². The van der Waals surface area contributed by atoms with Gasteiger partial charge in [-0.15, -0.1) is 0 Å². The largest absolute Gasteiger partial charge is 0.506 e. The number of hydrogen-bond donors (Lipinski definition) is 2. The summed E-state index contributed by atoms with van der Waals surface area (Å²) < 4.78 is 22.6. The first kappa shape index (κ1) is 13.9. The lowest BCUT2D eigenvalue weighted by Crippen LogP contribution is -2.17. The Balaban J connectivity index is 1.95. The number of benzene rings is 1. The van der Waals surface area contributed by atoms with Crippen LogP contribution in [0.25, 0.3) is 0 Å². The molecule has 1 aliphatic rings. The molecule has 1 fully saturated rings. The van der Waals surface area contributed by atoms with E-state index >= 15 is 0 Å². The van der Waals surface area contributed by atoms with Crippen molar-refractivity contribution in [2.75, 3.05) is 16.8 Å². The molecule has 1 saturated heterocycles. The Morgan fingerprint density at radius 1 is 1.47 bits per heavy atom. The molecule has 2 N–H and O–H groups in total. The summed E-state index contributed by atoms with van der Waals surface area (Å²) in [5.41, 5.74) is 1.26. The van der Waals surface area contributed by atoms with Crippen molar-refractivity contribution in [3.05, 3.63) is 23.8 Å². The van der Waals surface area contributed by atoms with Gasteiger partial charge < -0.3 is 10.4 Å². The number of hydrogen-bond acceptors (Lipinski definition) is 4. The van der Waals surface area contributed by atoms with Gasteiger partial charge in [0.1, 0.15) is 5.75 Å². The summed E-state index contributed by atoms with van der Waals surface area (Å²) in [7, 11) is -2.96. The van der Waals surface area contributed by atoms with E-state index in [2.05, 4.69) is 5.32 Å². The smallest absolute Gasteiger partial charge is 0.224 e. The van der Waals surface area contributed by atoms with Crippen LogP contribution in [0.15, 0.2) is 18.2 Å². The molecule has 19 heavy (non-hydrogen) atoms. The minimum absolute atomic E-state index is 0.0207. The summed E-state index contributed by atoms with van der Waals surface area (Å²) >= 11 is 0. The second kappa shape index (κ2) is 5.21. The van der Waals surface area contributed by atoms with Crippen LogP contribution in [0.3, 0.4) is 0 Å². The Morgan fingerprint density at radius 3 is 2.79 bits per heavy atom. The Morgan fingerprint density at radius 2 is 2.21 bits per heavy atom. The molecule has 1 heterocycles. The highest BCUT2D eigenvalue weighted by atomic mass is 32.2. The van der Waals surface area contributed by atoms with Crippen LogP contribution in [-0.4, -0.2) is 30.9 Å². The molecular formula is C13H17NO4S. The number of aryl methyl sites for hydroxylation is 1. The van der Waals surface area contributed by atoms with Gasteiger partial charge in [0.2, 0.25) is 5.91 Å². The van der Waals surface area contributed by atoms with Crippen LogP contribution in [-0.2, 0) is 14.6 Å². The number of amides is 1. The van der Waals surface area contributed by atoms with Crippen molar-refractivity contribution in [3.8, 4) is 5.75 Å². The predicted octanol–water partition coefficient (Wildman–Crippen LogP) is 1.46. The zero-order valence-electron chi connectivity index (χ0n) is 10.7. The van der Waals surface area contributed by atoms with Crippen LogP contribution in [0, 0.1) is 12.8 Å². The van der Waals surface area contributed by atoms with Gasteiger partial charge in [-0.05, 0) is 37.0 Å². The number of sulfone groups is 1. The highest BCUT2D eigenvalue weighted by Gasteiger charge is 2.29. The molecule has 0 aliphatic carbocycles. The summed E-state index contributed by atoms with van der Waals surface area (Å²) in [5, 5.41) is 12.3. The van der Waals surface area contributed by atoms with Gasteiger partial charge in [-0.25, -0.2) is 8.42 Å². The Hall–Kier alpha value is -1.56. The average Bonchev–Trinajstić information content (AvgIpc) is 2.62. The number of carbonyl (C=O) groups is 1. The quantitative estimate of drug-likeness (QED) is 0.823.